The molecule has 4 rings (SSSR count). The number of esters is 1. The molecule has 0 aliphatic heterocycles. The average molecular weight is 553 g/mol. The number of aryl methyl sites for hydroxylation is 2. The van der Waals surface area contributed by atoms with Gasteiger partial charge < -0.3 is 25.2 Å². The topological polar surface area (TPSA) is 164 Å². The summed E-state index contributed by atoms with van der Waals surface area (Å²) >= 11 is 0. The van der Waals surface area contributed by atoms with Gasteiger partial charge in [-0.25, -0.2) is 24.0 Å². The number of aliphatic hydroxyl groups is 1. The Morgan fingerprint density at radius 3 is 2.60 bits per heavy atom. The molecule has 3 aromatic rings. The summed E-state index contributed by atoms with van der Waals surface area (Å²) in [5.74, 6) is -1.48. The molecule has 13 nitrogen and oxygen atoms in total. The number of nitrogens with one attached hydrogen (secondary N) is 2. The molecule has 2 aromatic heterocycles. The molecule has 212 valence electrons. The van der Waals surface area contributed by atoms with Crippen LogP contribution in [-0.4, -0.2) is 69.1 Å². The zero-order valence-electron chi connectivity index (χ0n) is 22.8. The molecule has 0 unspecified atom stereocenters. The maximum Gasteiger partial charge on any atom is 0.423 e. The number of hydrogen-bond acceptors (Lipinski definition) is 9. The fourth-order valence-corrected chi connectivity index (χ4v) is 3.98. The average Bonchev–Trinajstić information content (AvgIpc) is 3.68. The zero-order valence-corrected chi connectivity index (χ0v) is 22.8. The van der Waals surface area contributed by atoms with Gasteiger partial charge in [0.05, 0.1) is 11.3 Å². The molecule has 1 fully saturated rings. The van der Waals surface area contributed by atoms with Crippen LogP contribution in [0.15, 0.2) is 30.7 Å². The predicted octanol–water partition coefficient (Wildman–Crippen LogP) is 2.53. The number of carbonyl (C=O) groups excluding carboxylic acids is 4. The van der Waals surface area contributed by atoms with Crippen LogP contribution in [0.4, 0.5) is 16.3 Å². The number of benzene rings is 1. The number of nitrogens with zero attached hydrogens (tertiary/aromatic N) is 4. The number of ether oxygens (including phenoxy) is 2. The number of carbonyl (C=O) groups is 4. The molecular formula is C27H32N6O7. The van der Waals surface area contributed by atoms with Crippen LogP contribution in [-0.2, 0) is 14.3 Å². The largest absolute Gasteiger partial charge is 0.426 e. The molecule has 3 amide bonds. The second-order valence-corrected chi connectivity index (χ2v) is 9.55. The summed E-state index contributed by atoms with van der Waals surface area (Å²) in [5, 5.41) is 19.3. The van der Waals surface area contributed by atoms with Crippen molar-refractivity contribution >= 4 is 40.9 Å². The Morgan fingerprint density at radius 2 is 1.93 bits per heavy atom. The van der Waals surface area contributed by atoms with Crippen molar-refractivity contribution in [3.05, 3.63) is 53.0 Å². The summed E-state index contributed by atoms with van der Waals surface area (Å²) in [6.07, 6.45) is 2.97. The molecule has 13 heteroatoms. The van der Waals surface area contributed by atoms with Crippen molar-refractivity contribution in [2.24, 2.45) is 0 Å². The van der Waals surface area contributed by atoms with Gasteiger partial charge in [0.25, 0.3) is 11.8 Å². The van der Waals surface area contributed by atoms with Crippen molar-refractivity contribution in [2.75, 3.05) is 18.2 Å². The number of rotatable bonds is 10. The number of hydrogen-bond donors (Lipinski definition) is 3. The first-order valence-electron chi connectivity index (χ1n) is 13.0. The highest BCUT2D eigenvalue weighted by molar-refractivity contribution is 6.05. The van der Waals surface area contributed by atoms with Crippen molar-refractivity contribution in [3.63, 3.8) is 0 Å². The SMILES string of the molecule is CCCNC(=O)c1cn2ncnc(N(C(=O)OCOC(=O)[C@H](C)O)c3cc(C(=O)NC4CC4)ccc3C)c2c1C. The first-order valence-corrected chi connectivity index (χ1v) is 13.0. The van der Waals surface area contributed by atoms with Gasteiger partial charge in [-0.1, -0.05) is 13.0 Å². The molecule has 2 heterocycles. The van der Waals surface area contributed by atoms with E-state index in [0.717, 1.165) is 24.2 Å². The van der Waals surface area contributed by atoms with E-state index in [1.165, 1.54) is 17.8 Å². The van der Waals surface area contributed by atoms with Crippen molar-refractivity contribution in [1.82, 2.24) is 25.2 Å². The molecule has 1 aliphatic carbocycles. The van der Waals surface area contributed by atoms with Crippen molar-refractivity contribution < 1.29 is 33.8 Å². The van der Waals surface area contributed by atoms with Crippen LogP contribution < -0.4 is 15.5 Å². The molecule has 0 saturated heterocycles. The Hall–Kier alpha value is -4.52. The number of fused-ring (bicyclic) bond motifs is 1. The normalized spacial score (nSPS) is 13.4. The maximum atomic E-state index is 13.6. The van der Waals surface area contributed by atoms with Gasteiger partial charge in [-0.3, -0.25) is 9.59 Å². The Morgan fingerprint density at radius 1 is 1.18 bits per heavy atom. The molecule has 3 N–H and O–H groups in total. The van der Waals surface area contributed by atoms with E-state index in [1.54, 1.807) is 38.2 Å². The minimum atomic E-state index is -1.40. The quantitative estimate of drug-likeness (QED) is 0.253. The standard InChI is InChI=1S/C27H32N6O7/c1-5-10-28-25(36)20-12-32-22(16(20)3)23(29-13-30-32)33(27(38)40-14-39-26(37)17(4)34)21-11-18(7-6-15(21)2)24(35)31-19-8-9-19/h6-7,11-13,17,19,34H,5,8-10,14H2,1-4H3,(H,28,36)(H,31,35)/t17-/m0/s1. The van der Waals surface area contributed by atoms with Gasteiger partial charge in [0, 0.05) is 24.3 Å². The van der Waals surface area contributed by atoms with Crippen LogP contribution >= 0.6 is 0 Å². The second kappa shape index (κ2) is 12.1. The fraction of sp³-hybridized carbons (Fsp3) is 0.407. The van der Waals surface area contributed by atoms with Gasteiger partial charge in [-0.05, 0) is 63.3 Å². The van der Waals surface area contributed by atoms with E-state index in [-0.39, 0.29) is 29.4 Å². The lowest BCUT2D eigenvalue weighted by Gasteiger charge is -2.24. The monoisotopic (exact) mass is 552 g/mol. The lowest BCUT2D eigenvalue weighted by molar-refractivity contribution is -0.160. The maximum absolute atomic E-state index is 13.6. The van der Waals surface area contributed by atoms with E-state index in [0.29, 0.717) is 34.3 Å². The van der Waals surface area contributed by atoms with Crippen LogP contribution in [0.2, 0.25) is 0 Å². The third-order valence-electron chi connectivity index (χ3n) is 6.33. The van der Waals surface area contributed by atoms with Crippen LogP contribution in [0.3, 0.4) is 0 Å². The second-order valence-electron chi connectivity index (χ2n) is 9.55. The van der Waals surface area contributed by atoms with Crippen LogP contribution in [0.1, 0.15) is 65.0 Å². The van der Waals surface area contributed by atoms with Crippen molar-refractivity contribution in [1.29, 1.82) is 0 Å². The van der Waals surface area contributed by atoms with Gasteiger partial charge in [0.15, 0.2) is 5.82 Å². The molecule has 1 atom stereocenters. The number of amides is 3. The van der Waals surface area contributed by atoms with Gasteiger partial charge in [0.2, 0.25) is 6.79 Å². The van der Waals surface area contributed by atoms with Crippen molar-refractivity contribution in [3.8, 4) is 0 Å². The number of anilines is 2. The smallest absolute Gasteiger partial charge is 0.423 e. The lowest BCUT2D eigenvalue weighted by Crippen LogP contribution is -2.31. The number of aliphatic hydroxyl groups excluding tert-OH is 1. The van der Waals surface area contributed by atoms with Gasteiger partial charge in [0.1, 0.15) is 17.9 Å². The van der Waals surface area contributed by atoms with E-state index in [4.69, 9.17) is 9.47 Å². The molecular weight excluding hydrogens is 520 g/mol. The summed E-state index contributed by atoms with van der Waals surface area (Å²) < 4.78 is 11.5. The Kier molecular flexibility index (Phi) is 8.63. The summed E-state index contributed by atoms with van der Waals surface area (Å²) in [6, 6.07) is 5.02. The van der Waals surface area contributed by atoms with Gasteiger partial charge >= 0.3 is 12.1 Å². The first kappa shape index (κ1) is 28.5. The van der Waals surface area contributed by atoms with Crippen LogP contribution in [0.5, 0.6) is 0 Å². The van der Waals surface area contributed by atoms with Crippen molar-refractivity contribution in [2.45, 2.75) is 59.1 Å². The Labute approximate surface area is 230 Å². The Bertz CT molecular complexity index is 1450. The first-order chi connectivity index (χ1) is 19.1. The molecule has 0 radical (unpaired) electrons. The third-order valence-corrected chi connectivity index (χ3v) is 6.33. The van der Waals surface area contributed by atoms with Crippen LogP contribution in [0, 0.1) is 13.8 Å². The minimum absolute atomic E-state index is 0.0803. The van der Waals surface area contributed by atoms with Crippen LogP contribution in [0.25, 0.3) is 5.52 Å². The number of aromatic nitrogens is 3. The van der Waals surface area contributed by atoms with E-state index >= 15 is 0 Å². The molecule has 0 bridgehead atoms. The molecule has 0 spiro atoms. The lowest BCUT2D eigenvalue weighted by atomic mass is 10.1. The summed E-state index contributed by atoms with van der Waals surface area (Å²) in [5.41, 5.74) is 2.44. The molecule has 1 saturated carbocycles. The zero-order chi connectivity index (χ0) is 29.0. The van der Waals surface area contributed by atoms with Gasteiger partial charge in [-0.2, -0.15) is 5.10 Å². The summed E-state index contributed by atoms with van der Waals surface area (Å²) in [6.45, 7) is 6.34. The molecule has 40 heavy (non-hydrogen) atoms. The highest BCUT2D eigenvalue weighted by atomic mass is 16.7. The van der Waals surface area contributed by atoms with E-state index in [1.807, 2.05) is 6.92 Å². The third kappa shape index (κ3) is 6.20. The highest BCUT2D eigenvalue weighted by Gasteiger charge is 2.30. The van der Waals surface area contributed by atoms with E-state index < -0.39 is 25.0 Å². The fourth-order valence-electron chi connectivity index (χ4n) is 3.98. The highest BCUT2D eigenvalue weighted by Crippen LogP contribution is 2.34. The summed E-state index contributed by atoms with van der Waals surface area (Å²) in [7, 11) is 0. The summed E-state index contributed by atoms with van der Waals surface area (Å²) in [4.78, 5) is 56.4. The Balaban J connectivity index is 1.79. The van der Waals surface area contributed by atoms with Gasteiger partial charge in [-0.15, -0.1) is 0 Å². The minimum Gasteiger partial charge on any atom is -0.426 e. The predicted molar refractivity (Wildman–Crippen MR) is 143 cm³/mol. The molecule has 1 aromatic carbocycles. The van der Waals surface area contributed by atoms with E-state index in [9.17, 15) is 24.3 Å². The van der Waals surface area contributed by atoms with E-state index in [2.05, 4.69) is 20.7 Å². The molecule has 1 aliphatic rings.